The van der Waals surface area contributed by atoms with Gasteiger partial charge >= 0.3 is 0 Å². The molecule has 3 heteroatoms. The largest absolute Gasteiger partial charge is 0.310 e. The van der Waals surface area contributed by atoms with Crippen molar-refractivity contribution in [3.8, 4) is 22.3 Å². The molecule has 15 rings (SSSR count). The number of para-hydroxylation sites is 2. The van der Waals surface area contributed by atoms with Crippen LogP contribution in [0.5, 0.6) is 0 Å². The van der Waals surface area contributed by atoms with Crippen molar-refractivity contribution in [2.45, 2.75) is 10.8 Å². The van der Waals surface area contributed by atoms with E-state index in [1.165, 1.54) is 86.9 Å². The Labute approximate surface area is 453 Å². The van der Waals surface area contributed by atoms with E-state index in [0.29, 0.717) is 0 Å². The highest BCUT2D eigenvalue weighted by Crippen LogP contribution is 2.65. The minimum absolute atomic E-state index is 0.634. The lowest BCUT2D eigenvalue weighted by Gasteiger charge is -2.50. The Morgan fingerprint density at radius 1 is 0.234 bits per heavy atom. The molecule has 0 atom stereocenters. The zero-order chi connectivity index (χ0) is 50.9. The van der Waals surface area contributed by atoms with Crippen molar-refractivity contribution < 1.29 is 0 Å². The van der Waals surface area contributed by atoms with E-state index < -0.39 is 10.8 Å². The number of hydrogen-bond donors (Lipinski definition) is 0. The third-order valence-corrected chi connectivity index (χ3v) is 17.5. The quantitative estimate of drug-likeness (QED) is 0.142. The summed E-state index contributed by atoms with van der Waals surface area (Å²) in [5.41, 5.74) is 20.2. The number of hydrogen-bond acceptors (Lipinski definition) is 3. The zero-order valence-electron chi connectivity index (χ0n) is 42.2. The highest BCUT2D eigenvalue weighted by Gasteiger charge is 2.57. The average Bonchev–Trinajstić information content (AvgIpc) is 3.33. The molecule has 0 radical (unpaired) electrons. The van der Waals surface area contributed by atoms with Gasteiger partial charge in [-0.25, -0.2) is 0 Å². The van der Waals surface area contributed by atoms with Crippen molar-refractivity contribution >= 4 is 65.6 Å². The van der Waals surface area contributed by atoms with Crippen LogP contribution in [-0.4, -0.2) is 0 Å². The Balaban J connectivity index is 1.03. The van der Waals surface area contributed by atoms with Crippen LogP contribution in [0.3, 0.4) is 0 Å². The van der Waals surface area contributed by atoms with Crippen LogP contribution in [0.4, 0.5) is 34.1 Å². The third kappa shape index (κ3) is 6.87. The van der Waals surface area contributed by atoms with Crippen molar-refractivity contribution in [3.05, 3.63) is 348 Å². The maximum atomic E-state index is 2.53. The first kappa shape index (κ1) is 44.9. The SMILES string of the molecule is c1ccc(-c2ccc(N(c3ccc4c(c3)C3(c5cc(N(c6ccccc6)c6ccccc6)ccc5-4)c4ccccc4C(c4ccccc4)(c4ccccc4)c4ccccc43)c3ccc4c(c3)sc3ccccc34)cc2)cc1. The summed E-state index contributed by atoms with van der Waals surface area (Å²) in [5, 5.41) is 2.58. The summed E-state index contributed by atoms with van der Waals surface area (Å²) in [5.74, 6) is 0. The Morgan fingerprint density at radius 3 is 1.13 bits per heavy atom. The van der Waals surface area contributed by atoms with Crippen LogP contribution in [0.1, 0.15) is 44.5 Å². The fourth-order valence-electron chi connectivity index (χ4n) is 13.2. The first-order valence-electron chi connectivity index (χ1n) is 26.6. The second kappa shape index (κ2) is 18.1. The van der Waals surface area contributed by atoms with Crippen LogP contribution in [0.15, 0.2) is 303 Å². The Hall–Kier alpha value is -9.54. The van der Waals surface area contributed by atoms with Crippen molar-refractivity contribution in [2.24, 2.45) is 0 Å². The summed E-state index contributed by atoms with van der Waals surface area (Å²) in [4.78, 5) is 4.89. The predicted octanol–water partition coefficient (Wildman–Crippen LogP) is 19.7. The van der Waals surface area contributed by atoms with Gasteiger partial charge in [-0.3, -0.25) is 0 Å². The average molecular weight is 999 g/mol. The maximum absolute atomic E-state index is 2.53. The summed E-state index contributed by atoms with van der Waals surface area (Å²) in [6.45, 7) is 0. The van der Waals surface area contributed by atoms with E-state index in [4.69, 9.17) is 0 Å². The summed E-state index contributed by atoms with van der Waals surface area (Å²) >= 11 is 1.86. The smallest absolute Gasteiger partial charge is 0.0721 e. The Kier molecular flexibility index (Phi) is 10.6. The molecule has 0 bridgehead atoms. The summed E-state index contributed by atoms with van der Waals surface area (Å²) in [7, 11) is 0. The highest BCUT2D eigenvalue weighted by atomic mass is 32.1. The fraction of sp³-hybridized carbons (Fsp3) is 0.0270. The number of fused-ring (bicyclic) bond motifs is 12. The van der Waals surface area contributed by atoms with Gasteiger partial charge in [-0.15, -0.1) is 11.3 Å². The predicted molar refractivity (Wildman–Crippen MR) is 323 cm³/mol. The van der Waals surface area contributed by atoms with Crippen molar-refractivity contribution in [2.75, 3.05) is 9.80 Å². The Bertz CT molecular complexity index is 4190. The molecule has 1 aromatic heterocycles. The normalized spacial score (nSPS) is 13.4. The van der Waals surface area contributed by atoms with Gasteiger partial charge in [-0.2, -0.15) is 0 Å². The molecule has 2 nitrogen and oxygen atoms in total. The highest BCUT2D eigenvalue weighted by molar-refractivity contribution is 7.25. The molecule has 362 valence electrons. The molecule has 77 heavy (non-hydrogen) atoms. The van der Waals surface area contributed by atoms with E-state index in [0.717, 1.165) is 34.1 Å². The topological polar surface area (TPSA) is 6.48 Å². The number of thiophene rings is 1. The van der Waals surface area contributed by atoms with Gasteiger partial charge in [0.2, 0.25) is 0 Å². The lowest BCUT2D eigenvalue weighted by Crippen LogP contribution is -2.44. The van der Waals surface area contributed by atoms with E-state index in [1.807, 2.05) is 11.3 Å². The minimum Gasteiger partial charge on any atom is -0.310 e. The minimum atomic E-state index is -0.756. The molecule has 0 amide bonds. The van der Waals surface area contributed by atoms with Crippen molar-refractivity contribution in [1.29, 1.82) is 0 Å². The molecule has 1 heterocycles. The van der Waals surface area contributed by atoms with Crippen LogP contribution < -0.4 is 9.80 Å². The van der Waals surface area contributed by atoms with E-state index in [1.54, 1.807) is 0 Å². The van der Waals surface area contributed by atoms with Gasteiger partial charge in [0.1, 0.15) is 0 Å². The molecule has 0 fully saturated rings. The molecule has 13 aromatic rings. The summed E-state index contributed by atoms with van der Waals surface area (Å²) < 4.78 is 2.56. The summed E-state index contributed by atoms with van der Waals surface area (Å²) in [6, 6.07) is 113. The first-order chi connectivity index (χ1) is 38.2. The molecule has 2 aliphatic carbocycles. The van der Waals surface area contributed by atoms with Gasteiger partial charge in [0, 0.05) is 54.3 Å². The summed E-state index contributed by atoms with van der Waals surface area (Å²) in [6.07, 6.45) is 0. The maximum Gasteiger partial charge on any atom is 0.0721 e. The van der Waals surface area contributed by atoms with Gasteiger partial charge < -0.3 is 9.80 Å². The van der Waals surface area contributed by atoms with Gasteiger partial charge in [0.15, 0.2) is 0 Å². The first-order valence-corrected chi connectivity index (χ1v) is 27.4. The second-order valence-electron chi connectivity index (χ2n) is 20.3. The molecule has 12 aromatic carbocycles. The molecule has 2 aliphatic rings. The number of rotatable bonds is 9. The number of benzene rings is 12. The Morgan fingerprint density at radius 2 is 0.597 bits per heavy atom. The van der Waals surface area contributed by atoms with E-state index >= 15 is 0 Å². The van der Waals surface area contributed by atoms with Crippen LogP contribution in [0.2, 0.25) is 0 Å². The zero-order valence-corrected chi connectivity index (χ0v) is 43.0. The van der Waals surface area contributed by atoms with Crippen molar-refractivity contribution in [3.63, 3.8) is 0 Å². The van der Waals surface area contributed by atoms with Crippen LogP contribution in [0, 0.1) is 0 Å². The second-order valence-corrected chi connectivity index (χ2v) is 21.4. The van der Waals surface area contributed by atoms with Crippen LogP contribution in [-0.2, 0) is 10.8 Å². The van der Waals surface area contributed by atoms with Gasteiger partial charge in [-0.1, -0.05) is 224 Å². The fourth-order valence-corrected chi connectivity index (χ4v) is 14.4. The van der Waals surface area contributed by atoms with E-state index in [-0.39, 0.29) is 0 Å². The lowest BCUT2D eigenvalue weighted by molar-refractivity contribution is 0.623. The molecule has 0 unspecified atom stereocenters. The van der Waals surface area contributed by atoms with E-state index in [2.05, 4.69) is 313 Å². The number of anilines is 6. The van der Waals surface area contributed by atoms with Crippen LogP contribution >= 0.6 is 11.3 Å². The standard InChI is InChI=1S/C74H50N2S/c1-6-22-51(23-7-1)52-38-40-57(41-39-52)76(60-44-47-64-63-32-16-21-37-71(63)77-72(64)50-60)59-43-46-62-61-45-42-58(75(55-28-12-4-13-29-55)56-30-14-5-15-31-56)48-69(61)74(70(62)49-59)67-35-19-17-33-65(67)73(53-24-8-2-9-25-53,54-26-10-3-11-27-54)66-34-18-20-36-68(66)74/h1-50H. The number of nitrogens with zero attached hydrogens (tertiary/aromatic N) is 2. The third-order valence-electron chi connectivity index (χ3n) is 16.4. The van der Waals surface area contributed by atoms with Crippen molar-refractivity contribution in [1.82, 2.24) is 0 Å². The molecule has 0 aliphatic heterocycles. The van der Waals surface area contributed by atoms with Gasteiger partial charge in [0.05, 0.1) is 10.8 Å². The molecule has 0 saturated heterocycles. The van der Waals surface area contributed by atoms with E-state index in [9.17, 15) is 0 Å². The van der Waals surface area contributed by atoms with Crippen LogP contribution in [0.25, 0.3) is 42.4 Å². The molecular weight excluding hydrogens is 949 g/mol. The molecule has 0 N–H and O–H groups in total. The molecule has 1 spiro atoms. The molecule has 0 saturated carbocycles. The van der Waals surface area contributed by atoms with Gasteiger partial charge in [-0.05, 0) is 146 Å². The van der Waals surface area contributed by atoms with Gasteiger partial charge in [0.25, 0.3) is 0 Å². The lowest BCUT2D eigenvalue weighted by atomic mass is 9.51. The molecular formula is C74H50N2S. The monoisotopic (exact) mass is 998 g/mol.